The quantitative estimate of drug-likeness (QED) is 0.742. The second kappa shape index (κ2) is 6.16. The highest BCUT2D eigenvalue weighted by atomic mass is 16.3. The number of aliphatic imine (C=N–C) groups is 1. The van der Waals surface area contributed by atoms with E-state index in [0.29, 0.717) is 5.92 Å². The Hall–Kier alpha value is -0.670. The van der Waals surface area contributed by atoms with Gasteiger partial charge in [-0.1, -0.05) is 13.8 Å². The number of hydrogen-bond acceptors (Lipinski definition) is 3. The van der Waals surface area contributed by atoms with E-state index in [9.17, 15) is 0 Å². The van der Waals surface area contributed by atoms with Crippen molar-refractivity contribution in [3.8, 4) is 0 Å². The lowest BCUT2D eigenvalue weighted by Crippen LogP contribution is -2.33. The van der Waals surface area contributed by atoms with Crippen molar-refractivity contribution in [2.24, 2.45) is 10.9 Å². The summed E-state index contributed by atoms with van der Waals surface area (Å²) < 4.78 is 0. The summed E-state index contributed by atoms with van der Waals surface area (Å²) in [6.45, 7) is 11.6. The van der Waals surface area contributed by atoms with Crippen LogP contribution in [0.15, 0.2) is 16.3 Å². The minimum Gasteiger partial charge on any atom is -0.395 e. The minimum absolute atomic E-state index is 0.247. The van der Waals surface area contributed by atoms with E-state index in [1.165, 1.54) is 17.0 Å². The largest absolute Gasteiger partial charge is 0.395 e. The first-order chi connectivity index (χ1) is 7.54. The molecule has 0 amide bonds. The molecule has 92 valence electrons. The van der Waals surface area contributed by atoms with Crippen molar-refractivity contribution in [1.29, 1.82) is 0 Å². The SMILES string of the molecule is CC(=NC1=C(C)CN(CCO)CC1)C(C)C. The highest BCUT2D eigenvalue weighted by Crippen LogP contribution is 2.19. The fraction of sp³-hybridized carbons (Fsp3) is 0.769. The Morgan fingerprint density at radius 2 is 2.19 bits per heavy atom. The maximum Gasteiger partial charge on any atom is 0.0558 e. The van der Waals surface area contributed by atoms with Crippen molar-refractivity contribution in [2.75, 3.05) is 26.2 Å². The second-order valence-corrected chi connectivity index (χ2v) is 4.88. The topological polar surface area (TPSA) is 35.8 Å². The fourth-order valence-corrected chi connectivity index (χ4v) is 1.81. The average molecular weight is 224 g/mol. The lowest BCUT2D eigenvalue weighted by atomic mass is 10.1. The van der Waals surface area contributed by atoms with Crippen LogP contribution in [0.1, 0.15) is 34.1 Å². The molecule has 0 spiro atoms. The van der Waals surface area contributed by atoms with E-state index in [1.807, 2.05) is 0 Å². The maximum atomic E-state index is 8.90. The van der Waals surface area contributed by atoms with Crippen molar-refractivity contribution < 1.29 is 5.11 Å². The summed E-state index contributed by atoms with van der Waals surface area (Å²) in [5.74, 6) is 0.524. The van der Waals surface area contributed by atoms with Gasteiger partial charge in [-0.2, -0.15) is 0 Å². The van der Waals surface area contributed by atoms with Gasteiger partial charge >= 0.3 is 0 Å². The van der Waals surface area contributed by atoms with Gasteiger partial charge in [-0.3, -0.25) is 9.89 Å². The van der Waals surface area contributed by atoms with E-state index < -0.39 is 0 Å². The van der Waals surface area contributed by atoms with Crippen molar-refractivity contribution in [1.82, 2.24) is 4.90 Å². The molecule has 0 aromatic carbocycles. The van der Waals surface area contributed by atoms with Gasteiger partial charge in [0.15, 0.2) is 0 Å². The standard InChI is InChI=1S/C13H24N2O/c1-10(2)12(4)14-13-5-6-15(7-8-16)9-11(13)3/h10,16H,5-9H2,1-4H3. The molecular weight excluding hydrogens is 200 g/mol. The Balaban J connectivity index is 2.69. The lowest BCUT2D eigenvalue weighted by Gasteiger charge is -2.27. The molecule has 0 saturated heterocycles. The zero-order chi connectivity index (χ0) is 12.1. The average Bonchev–Trinajstić information content (AvgIpc) is 2.22. The second-order valence-electron chi connectivity index (χ2n) is 4.88. The van der Waals surface area contributed by atoms with Gasteiger partial charge in [0.2, 0.25) is 0 Å². The molecule has 0 aromatic rings. The number of aliphatic hydroxyl groups excluding tert-OH is 1. The summed E-state index contributed by atoms with van der Waals surface area (Å²) in [6.07, 6.45) is 1.01. The highest BCUT2D eigenvalue weighted by molar-refractivity contribution is 5.84. The molecule has 0 aromatic heterocycles. The third-order valence-electron chi connectivity index (χ3n) is 3.18. The Bertz CT molecular complexity index is 292. The molecule has 1 aliphatic heterocycles. The molecule has 1 heterocycles. The summed E-state index contributed by atoms with van der Waals surface area (Å²) in [6, 6.07) is 0. The van der Waals surface area contributed by atoms with Gasteiger partial charge in [0.05, 0.1) is 6.61 Å². The van der Waals surface area contributed by atoms with Gasteiger partial charge in [-0.05, 0) is 25.3 Å². The number of β-amino-alcohol motifs (C(OH)–C–C–N with tert-alkyl or cyclic N) is 1. The Morgan fingerprint density at radius 3 is 2.69 bits per heavy atom. The van der Waals surface area contributed by atoms with Gasteiger partial charge < -0.3 is 5.11 Å². The van der Waals surface area contributed by atoms with E-state index in [0.717, 1.165) is 26.1 Å². The Labute approximate surface area is 98.9 Å². The first-order valence-electron chi connectivity index (χ1n) is 6.11. The third-order valence-corrected chi connectivity index (χ3v) is 3.18. The van der Waals surface area contributed by atoms with Crippen LogP contribution in [-0.4, -0.2) is 42.0 Å². The number of nitrogens with zero attached hydrogens (tertiary/aromatic N) is 2. The summed E-state index contributed by atoms with van der Waals surface area (Å²) in [4.78, 5) is 7.00. The number of aliphatic hydroxyl groups is 1. The molecule has 0 bridgehead atoms. The van der Waals surface area contributed by atoms with Crippen molar-refractivity contribution in [3.63, 3.8) is 0 Å². The normalized spacial score (nSPS) is 19.8. The van der Waals surface area contributed by atoms with E-state index in [1.54, 1.807) is 0 Å². The predicted octanol–water partition coefficient (Wildman–Crippen LogP) is 2.08. The van der Waals surface area contributed by atoms with Crippen LogP contribution in [0.3, 0.4) is 0 Å². The molecule has 1 aliphatic rings. The molecule has 0 aliphatic carbocycles. The summed E-state index contributed by atoms with van der Waals surface area (Å²) in [7, 11) is 0. The maximum absolute atomic E-state index is 8.90. The first kappa shape index (κ1) is 13.4. The molecule has 16 heavy (non-hydrogen) atoms. The van der Waals surface area contributed by atoms with Gasteiger partial charge in [0.1, 0.15) is 0 Å². The third kappa shape index (κ3) is 3.72. The van der Waals surface area contributed by atoms with Crippen LogP contribution >= 0.6 is 0 Å². The molecule has 0 saturated carbocycles. The molecule has 0 fully saturated rings. The summed E-state index contributed by atoms with van der Waals surface area (Å²) >= 11 is 0. The van der Waals surface area contributed by atoms with Crippen LogP contribution in [0.25, 0.3) is 0 Å². The lowest BCUT2D eigenvalue weighted by molar-refractivity contribution is 0.201. The minimum atomic E-state index is 0.247. The molecule has 0 atom stereocenters. The van der Waals surface area contributed by atoms with Crippen LogP contribution in [0.2, 0.25) is 0 Å². The van der Waals surface area contributed by atoms with E-state index >= 15 is 0 Å². The molecule has 3 nitrogen and oxygen atoms in total. The van der Waals surface area contributed by atoms with Crippen molar-refractivity contribution in [3.05, 3.63) is 11.3 Å². The first-order valence-corrected chi connectivity index (χ1v) is 6.11. The van der Waals surface area contributed by atoms with Gasteiger partial charge in [0.25, 0.3) is 0 Å². The fourth-order valence-electron chi connectivity index (χ4n) is 1.81. The highest BCUT2D eigenvalue weighted by Gasteiger charge is 2.15. The predicted molar refractivity (Wildman–Crippen MR) is 68.8 cm³/mol. The number of rotatable bonds is 4. The monoisotopic (exact) mass is 224 g/mol. The van der Waals surface area contributed by atoms with Crippen LogP contribution in [-0.2, 0) is 0 Å². The van der Waals surface area contributed by atoms with Crippen LogP contribution in [0.4, 0.5) is 0 Å². The van der Waals surface area contributed by atoms with E-state index in [2.05, 4.69) is 32.6 Å². The van der Waals surface area contributed by atoms with Crippen LogP contribution in [0, 0.1) is 5.92 Å². The van der Waals surface area contributed by atoms with Gasteiger partial charge in [0, 0.05) is 37.5 Å². The smallest absolute Gasteiger partial charge is 0.0558 e. The van der Waals surface area contributed by atoms with Crippen molar-refractivity contribution >= 4 is 5.71 Å². The molecule has 0 unspecified atom stereocenters. The van der Waals surface area contributed by atoms with E-state index in [4.69, 9.17) is 10.1 Å². The zero-order valence-corrected chi connectivity index (χ0v) is 11.0. The molecule has 0 radical (unpaired) electrons. The number of hydrogen-bond donors (Lipinski definition) is 1. The van der Waals surface area contributed by atoms with Gasteiger partial charge in [-0.25, -0.2) is 0 Å². The molecule has 1 N–H and O–H groups in total. The molecule has 1 rings (SSSR count). The van der Waals surface area contributed by atoms with Crippen molar-refractivity contribution in [2.45, 2.75) is 34.1 Å². The Morgan fingerprint density at radius 1 is 1.50 bits per heavy atom. The van der Waals surface area contributed by atoms with E-state index in [-0.39, 0.29) is 6.61 Å². The van der Waals surface area contributed by atoms with Crippen LogP contribution < -0.4 is 0 Å². The molecular formula is C13H24N2O. The Kier molecular flexibility index (Phi) is 5.16. The molecule has 3 heteroatoms. The van der Waals surface area contributed by atoms with Gasteiger partial charge in [-0.15, -0.1) is 0 Å². The summed E-state index contributed by atoms with van der Waals surface area (Å²) in [5.41, 5.74) is 3.81. The van der Waals surface area contributed by atoms with Crippen LogP contribution in [0.5, 0.6) is 0 Å². The summed E-state index contributed by atoms with van der Waals surface area (Å²) in [5, 5.41) is 8.90. The zero-order valence-electron chi connectivity index (χ0n) is 11.0.